The highest BCUT2D eigenvalue weighted by Crippen LogP contribution is 2.33. The van der Waals surface area contributed by atoms with E-state index in [0.717, 1.165) is 24.1 Å². The minimum Gasteiger partial charge on any atom is -0.329 e. The topological polar surface area (TPSA) is 46.3 Å². The highest BCUT2D eigenvalue weighted by Gasteiger charge is 2.17. The Morgan fingerprint density at radius 2 is 2.07 bits per heavy atom. The van der Waals surface area contributed by atoms with Crippen LogP contribution < -0.4 is 4.90 Å². The number of halogens is 2. The molecule has 0 radical (unpaired) electrons. The van der Waals surface area contributed by atoms with Crippen LogP contribution in [0.1, 0.15) is 38.2 Å². The summed E-state index contributed by atoms with van der Waals surface area (Å²) in [5.41, 5.74) is 2.51. The van der Waals surface area contributed by atoms with Gasteiger partial charge in [-0.25, -0.2) is 4.39 Å². The van der Waals surface area contributed by atoms with Crippen molar-refractivity contribution >= 4 is 39.8 Å². The smallest absolute Gasteiger partial charge is 0.257 e. The van der Waals surface area contributed by atoms with Crippen molar-refractivity contribution in [2.45, 2.75) is 32.6 Å². The van der Waals surface area contributed by atoms with Gasteiger partial charge in [0.1, 0.15) is 18.0 Å². The summed E-state index contributed by atoms with van der Waals surface area (Å²) in [6.45, 7) is 2.18. The number of aromatic nitrogens is 4. The molecule has 0 fully saturated rings. The molecule has 0 aliphatic rings. The second-order valence-corrected chi connectivity index (χ2v) is 7.50. The number of nitrogens with zero attached hydrogens (tertiary/aromatic N) is 5. The van der Waals surface area contributed by atoms with E-state index in [2.05, 4.69) is 33.9 Å². The van der Waals surface area contributed by atoms with E-state index in [1.165, 1.54) is 25.2 Å². The Morgan fingerprint density at radius 3 is 2.90 bits per heavy atom. The van der Waals surface area contributed by atoms with Gasteiger partial charge >= 0.3 is 0 Å². The molecule has 30 heavy (non-hydrogen) atoms. The van der Waals surface area contributed by atoms with Crippen LogP contribution in [-0.4, -0.2) is 26.6 Å². The second-order valence-electron chi connectivity index (χ2n) is 7.09. The van der Waals surface area contributed by atoms with Crippen molar-refractivity contribution in [3.8, 4) is 11.8 Å². The Hall–Kier alpha value is -3.17. The van der Waals surface area contributed by atoms with Gasteiger partial charge < -0.3 is 4.90 Å². The van der Waals surface area contributed by atoms with Gasteiger partial charge in [0.15, 0.2) is 0 Å². The molecule has 0 aliphatic carbocycles. The van der Waals surface area contributed by atoms with E-state index in [9.17, 15) is 4.39 Å². The van der Waals surface area contributed by atoms with Crippen LogP contribution in [0.5, 0.6) is 0 Å². The Kier molecular flexibility index (Phi) is 5.82. The lowest BCUT2D eigenvalue weighted by Gasteiger charge is -2.21. The van der Waals surface area contributed by atoms with Crippen LogP contribution in [0.3, 0.4) is 0 Å². The SMILES string of the molecule is CCCCCC#Cc1cccc(N(C)c2nc3nncn3c3cc(Cl)c(F)cc23)c1. The maximum absolute atomic E-state index is 14.3. The van der Waals surface area contributed by atoms with Gasteiger partial charge in [-0.3, -0.25) is 4.40 Å². The van der Waals surface area contributed by atoms with Crippen molar-refractivity contribution < 1.29 is 4.39 Å². The first kappa shape index (κ1) is 20.1. The molecule has 2 aromatic heterocycles. The van der Waals surface area contributed by atoms with Crippen LogP contribution in [0.15, 0.2) is 42.7 Å². The lowest BCUT2D eigenvalue weighted by atomic mass is 10.1. The highest BCUT2D eigenvalue weighted by atomic mass is 35.5. The molecular weight excluding hydrogens is 401 g/mol. The summed E-state index contributed by atoms with van der Waals surface area (Å²) in [6.07, 6.45) is 5.93. The molecule has 0 saturated heterocycles. The van der Waals surface area contributed by atoms with Crippen molar-refractivity contribution in [3.05, 3.63) is 59.1 Å². The lowest BCUT2D eigenvalue weighted by molar-refractivity contribution is 0.630. The molecule has 0 spiro atoms. The fourth-order valence-electron chi connectivity index (χ4n) is 3.34. The molecule has 0 aliphatic heterocycles. The second kappa shape index (κ2) is 8.68. The average molecular weight is 422 g/mol. The van der Waals surface area contributed by atoms with Crippen molar-refractivity contribution in [2.24, 2.45) is 0 Å². The minimum atomic E-state index is -0.500. The van der Waals surface area contributed by atoms with Crippen molar-refractivity contribution in [1.29, 1.82) is 0 Å². The van der Waals surface area contributed by atoms with E-state index in [1.54, 1.807) is 10.5 Å². The molecule has 5 nitrogen and oxygen atoms in total. The van der Waals surface area contributed by atoms with Gasteiger partial charge in [0.05, 0.1) is 10.5 Å². The number of benzene rings is 2. The summed E-state index contributed by atoms with van der Waals surface area (Å²) in [7, 11) is 1.88. The van der Waals surface area contributed by atoms with Gasteiger partial charge in [-0.05, 0) is 36.8 Å². The van der Waals surface area contributed by atoms with Crippen LogP contribution in [0.2, 0.25) is 5.02 Å². The molecule has 0 amide bonds. The van der Waals surface area contributed by atoms with Crippen molar-refractivity contribution in [1.82, 2.24) is 19.6 Å². The molecule has 2 aromatic carbocycles. The van der Waals surface area contributed by atoms with Gasteiger partial charge in [-0.15, -0.1) is 10.2 Å². The number of hydrogen-bond donors (Lipinski definition) is 0. The zero-order valence-electron chi connectivity index (χ0n) is 16.9. The largest absolute Gasteiger partial charge is 0.329 e. The van der Waals surface area contributed by atoms with Crippen molar-refractivity contribution in [2.75, 3.05) is 11.9 Å². The molecule has 0 bridgehead atoms. The standard InChI is InChI=1S/C23H21ClFN5/c1-3-4-5-6-7-9-16-10-8-11-17(12-16)29(2)22-18-13-20(25)19(24)14-21(18)30-15-26-28-23(30)27-22/h8,10-15H,3-6H2,1-2H3. The third-order valence-corrected chi connectivity index (χ3v) is 5.25. The summed E-state index contributed by atoms with van der Waals surface area (Å²) in [6, 6.07) is 10.9. The molecule has 0 N–H and O–H groups in total. The molecule has 2 heterocycles. The van der Waals surface area contributed by atoms with Crippen molar-refractivity contribution in [3.63, 3.8) is 0 Å². The van der Waals surface area contributed by atoms with E-state index in [-0.39, 0.29) is 5.02 Å². The zero-order chi connectivity index (χ0) is 21.1. The lowest BCUT2D eigenvalue weighted by Crippen LogP contribution is -2.13. The fraction of sp³-hybridized carbons (Fsp3) is 0.261. The Bertz CT molecular complexity index is 1270. The summed E-state index contributed by atoms with van der Waals surface area (Å²) in [5, 5.41) is 8.63. The average Bonchev–Trinajstić information content (AvgIpc) is 3.23. The van der Waals surface area contributed by atoms with E-state index >= 15 is 0 Å². The molecule has 4 aromatic rings. The van der Waals surface area contributed by atoms with Crippen LogP contribution in [0.4, 0.5) is 15.9 Å². The van der Waals surface area contributed by atoms with E-state index < -0.39 is 5.82 Å². The molecule has 7 heteroatoms. The van der Waals surface area contributed by atoms with Gasteiger partial charge in [-0.1, -0.05) is 49.3 Å². The summed E-state index contributed by atoms with van der Waals surface area (Å²) in [4.78, 5) is 6.50. The predicted octanol–water partition coefficient (Wildman–Crippen LogP) is 5.77. The number of hydrogen-bond acceptors (Lipinski definition) is 4. The fourth-order valence-corrected chi connectivity index (χ4v) is 3.50. The summed E-state index contributed by atoms with van der Waals surface area (Å²) in [5.74, 6) is 6.94. The molecule has 0 atom stereocenters. The number of rotatable bonds is 5. The number of anilines is 2. The third-order valence-electron chi connectivity index (χ3n) is 4.96. The Labute approximate surface area is 179 Å². The third kappa shape index (κ3) is 3.94. The highest BCUT2D eigenvalue weighted by molar-refractivity contribution is 6.31. The number of fused-ring (bicyclic) bond motifs is 3. The summed E-state index contributed by atoms with van der Waals surface area (Å²) < 4.78 is 16.0. The molecule has 0 unspecified atom stereocenters. The van der Waals surface area contributed by atoms with Gasteiger partial charge in [0.2, 0.25) is 0 Å². The maximum Gasteiger partial charge on any atom is 0.257 e. The van der Waals surface area contributed by atoms with Gasteiger partial charge in [0, 0.05) is 30.1 Å². The first-order valence-corrected chi connectivity index (χ1v) is 10.3. The first-order valence-electron chi connectivity index (χ1n) is 9.89. The molecule has 152 valence electrons. The monoisotopic (exact) mass is 421 g/mol. The number of unbranched alkanes of at least 4 members (excludes halogenated alkanes) is 3. The Morgan fingerprint density at radius 1 is 1.20 bits per heavy atom. The van der Waals surface area contributed by atoms with Gasteiger partial charge in [0.25, 0.3) is 5.78 Å². The molecule has 4 rings (SSSR count). The van der Waals surface area contributed by atoms with Gasteiger partial charge in [-0.2, -0.15) is 4.98 Å². The minimum absolute atomic E-state index is 0.0395. The quantitative estimate of drug-likeness (QED) is 0.303. The predicted molar refractivity (Wildman–Crippen MR) is 119 cm³/mol. The van der Waals surface area contributed by atoms with Crippen LogP contribution in [-0.2, 0) is 0 Å². The first-order chi connectivity index (χ1) is 14.6. The normalized spacial score (nSPS) is 10.9. The van der Waals surface area contributed by atoms with E-state index in [0.29, 0.717) is 22.5 Å². The van der Waals surface area contributed by atoms with Crippen LogP contribution in [0.25, 0.3) is 16.7 Å². The van der Waals surface area contributed by atoms with E-state index in [4.69, 9.17) is 11.6 Å². The zero-order valence-corrected chi connectivity index (χ0v) is 17.6. The Balaban J connectivity index is 1.75. The molecule has 0 saturated carbocycles. The van der Waals surface area contributed by atoms with Crippen LogP contribution in [0, 0.1) is 17.7 Å². The maximum atomic E-state index is 14.3. The molecular formula is C23H21ClFN5. The van der Waals surface area contributed by atoms with Crippen LogP contribution >= 0.6 is 11.6 Å². The summed E-state index contributed by atoms with van der Waals surface area (Å²) >= 11 is 6.03. The van der Waals surface area contributed by atoms with E-state index in [1.807, 2.05) is 36.2 Å².